The van der Waals surface area contributed by atoms with Crippen LogP contribution in [-0.2, 0) is 0 Å². The Balaban J connectivity index is 1.93. The third-order valence-electron chi connectivity index (χ3n) is 3.63. The van der Waals surface area contributed by atoms with Gasteiger partial charge in [-0.25, -0.2) is 0 Å². The van der Waals surface area contributed by atoms with Crippen LogP contribution in [0.4, 0.5) is 5.69 Å². The molecular weight excluding hydrogens is 316 g/mol. The Morgan fingerprint density at radius 3 is 2.96 bits per heavy atom. The van der Waals surface area contributed by atoms with Crippen LogP contribution in [0.15, 0.2) is 35.7 Å². The van der Waals surface area contributed by atoms with Crippen molar-refractivity contribution in [2.75, 3.05) is 25.0 Å². The number of aromatic nitrogens is 1. The van der Waals surface area contributed by atoms with E-state index >= 15 is 0 Å². The molecule has 0 saturated heterocycles. The number of aliphatic hydroxyl groups excluding tert-OH is 1. The monoisotopic (exact) mass is 336 g/mol. The molecule has 0 amide bonds. The number of anilines is 1. The number of pyridine rings is 1. The number of nitrogens with one attached hydrogen (secondary N) is 1. The van der Waals surface area contributed by atoms with Gasteiger partial charge in [0.25, 0.3) is 0 Å². The number of hydrogen-bond acceptors (Lipinski definition) is 5. The van der Waals surface area contributed by atoms with Crippen molar-refractivity contribution in [1.29, 1.82) is 0 Å². The van der Waals surface area contributed by atoms with E-state index in [4.69, 9.17) is 16.7 Å². The van der Waals surface area contributed by atoms with Crippen molar-refractivity contribution in [3.8, 4) is 0 Å². The first-order valence-corrected chi connectivity index (χ1v) is 8.01. The summed E-state index contributed by atoms with van der Waals surface area (Å²) in [5.41, 5.74) is 1.87. The number of fused-ring (bicyclic) bond motifs is 1. The maximum Gasteiger partial charge on any atom is 0.0737 e. The predicted molar refractivity (Wildman–Crippen MR) is 93.5 cm³/mol. The van der Waals surface area contributed by atoms with Crippen LogP contribution in [0.25, 0.3) is 10.9 Å². The highest BCUT2D eigenvalue weighted by Crippen LogP contribution is 2.25. The lowest BCUT2D eigenvalue weighted by Crippen LogP contribution is -2.24. The Morgan fingerprint density at radius 1 is 1.39 bits per heavy atom. The van der Waals surface area contributed by atoms with Crippen molar-refractivity contribution in [1.82, 2.24) is 9.99 Å². The highest BCUT2D eigenvalue weighted by Gasteiger charge is 2.08. The molecule has 23 heavy (non-hydrogen) atoms. The van der Waals surface area contributed by atoms with Gasteiger partial charge < -0.3 is 10.4 Å². The summed E-state index contributed by atoms with van der Waals surface area (Å²) in [5.74, 6) is 0. The summed E-state index contributed by atoms with van der Waals surface area (Å²) >= 11 is 6.00. The summed E-state index contributed by atoms with van der Waals surface area (Å²) in [6, 6.07) is 7.83. The molecule has 1 unspecified atom stereocenters. The second kappa shape index (κ2) is 8.64. The van der Waals surface area contributed by atoms with Gasteiger partial charge in [0.2, 0.25) is 0 Å². The first-order valence-electron chi connectivity index (χ1n) is 7.64. The van der Waals surface area contributed by atoms with Gasteiger partial charge in [0, 0.05) is 34.9 Å². The number of nitrogens with zero attached hydrogens (tertiary/aromatic N) is 3. The van der Waals surface area contributed by atoms with Gasteiger partial charge in [0.15, 0.2) is 0 Å². The summed E-state index contributed by atoms with van der Waals surface area (Å²) < 4.78 is 0. The maximum atomic E-state index is 10.6. The molecule has 2 aromatic rings. The molecule has 7 heteroatoms. The van der Waals surface area contributed by atoms with E-state index < -0.39 is 0 Å². The number of rotatable bonds is 9. The van der Waals surface area contributed by atoms with E-state index in [1.165, 1.54) is 5.01 Å². The fourth-order valence-electron chi connectivity index (χ4n) is 2.47. The summed E-state index contributed by atoms with van der Waals surface area (Å²) in [6.07, 6.45) is 3.45. The zero-order valence-corrected chi connectivity index (χ0v) is 13.8. The fourth-order valence-corrected chi connectivity index (χ4v) is 2.64. The van der Waals surface area contributed by atoms with Crippen LogP contribution in [0.3, 0.4) is 0 Å². The zero-order valence-electron chi connectivity index (χ0n) is 13.1. The Morgan fingerprint density at radius 2 is 2.22 bits per heavy atom. The number of hydrogen-bond donors (Lipinski definition) is 2. The molecule has 0 aliphatic rings. The van der Waals surface area contributed by atoms with Crippen LogP contribution in [0.2, 0.25) is 5.02 Å². The Kier molecular flexibility index (Phi) is 6.55. The number of benzene rings is 1. The van der Waals surface area contributed by atoms with Crippen LogP contribution in [0.1, 0.15) is 19.8 Å². The van der Waals surface area contributed by atoms with Crippen molar-refractivity contribution in [3.63, 3.8) is 0 Å². The first-order chi connectivity index (χ1) is 11.1. The Hall–Kier alpha value is -1.92. The number of halogens is 1. The van der Waals surface area contributed by atoms with Crippen molar-refractivity contribution in [2.45, 2.75) is 25.8 Å². The van der Waals surface area contributed by atoms with Crippen molar-refractivity contribution >= 4 is 28.2 Å². The van der Waals surface area contributed by atoms with Crippen LogP contribution < -0.4 is 5.32 Å². The van der Waals surface area contributed by atoms with Crippen LogP contribution in [0, 0.1) is 4.91 Å². The fraction of sp³-hybridized carbons (Fsp3) is 0.438. The van der Waals surface area contributed by atoms with Crippen LogP contribution in [-0.4, -0.2) is 40.8 Å². The quantitative estimate of drug-likeness (QED) is 0.541. The molecule has 0 saturated carbocycles. The summed E-state index contributed by atoms with van der Waals surface area (Å²) in [7, 11) is 0. The van der Waals surface area contributed by atoms with Crippen molar-refractivity contribution in [3.05, 3.63) is 40.4 Å². The van der Waals surface area contributed by atoms with Crippen LogP contribution in [0.5, 0.6) is 0 Å². The second-order valence-electron chi connectivity index (χ2n) is 5.47. The molecule has 2 rings (SSSR count). The molecule has 0 fully saturated rings. The van der Waals surface area contributed by atoms with Gasteiger partial charge in [0.1, 0.15) is 0 Å². The van der Waals surface area contributed by atoms with E-state index in [1.54, 1.807) is 6.20 Å². The predicted octanol–water partition coefficient (Wildman–Crippen LogP) is 3.44. The molecule has 0 spiro atoms. The molecule has 1 aromatic heterocycles. The van der Waals surface area contributed by atoms with Crippen molar-refractivity contribution in [2.24, 2.45) is 5.29 Å². The normalized spacial score (nSPS) is 12.1. The largest absolute Gasteiger partial charge is 0.394 e. The Labute approximate surface area is 140 Å². The molecule has 0 aliphatic carbocycles. The lowest BCUT2D eigenvalue weighted by Gasteiger charge is -2.18. The minimum atomic E-state index is -0.0644. The summed E-state index contributed by atoms with van der Waals surface area (Å²) in [5, 5.41) is 18.2. The minimum Gasteiger partial charge on any atom is -0.394 e. The molecule has 1 atom stereocenters. The average Bonchev–Trinajstić information content (AvgIpc) is 2.54. The van der Waals surface area contributed by atoms with Gasteiger partial charge in [-0.15, -0.1) is 4.91 Å². The second-order valence-corrected chi connectivity index (χ2v) is 5.90. The average molecular weight is 337 g/mol. The van der Waals surface area contributed by atoms with Gasteiger partial charge in [0.05, 0.1) is 24.0 Å². The minimum absolute atomic E-state index is 0.0644. The first kappa shape index (κ1) is 17.4. The molecule has 1 aromatic carbocycles. The summed E-state index contributed by atoms with van der Waals surface area (Å²) in [6.45, 7) is 2.85. The highest BCUT2D eigenvalue weighted by atomic mass is 35.5. The van der Waals surface area contributed by atoms with E-state index in [2.05, 4.69) is 22.5 Å². The molecule has 6 nitrogen and oxygen atoms in total. The van der Waals surface area contributed by atoms with Gasteiger partial charge in [-0.2, -0.15) is 0 Å². The molecule has 0 radical (unpaired) electrons. The summed E-state index contributed by atoms with van der Waals surface area (Å²) in [4.78, 5) is 14.9. The van der Waals surface area contributed by atoms with E-state index in [1.807, 2.05) is 24.3 Å². The lowest BCUT2D eigenvalue weighted by molar-refractivity contribution is 0.196. The van der Waals surface area contributed by atoms with Gasteiger partial charge in [-0.05, 0) is 44.0 Å². The smallest absolute Gasteiger partial charge is 0.0737 e. The molecule has 0 aliphatic heterocycles. The number of nitroso groups, excluding NO2 is 1. The van der Waals surface area contributed by atoms with E-state index in [0.29, 0.717) is 11.6 Å². The molecule has 124 valence electrons. The van der Waals surface area contributed by atoms with E-state index in [0.717, 1.165) is 29.4 Å². The van der Waals surface area contributed by atoms with Gasteiger partial charge >= 0.3 is 0 Å². The highest BCUT2D eigenvalue weighted by molar-refractivity contribution is 6.31. The zero-order chi connectivity index (χ0) is 16.7. The van der Waals surface area contributed by atoms with Gasteiger partial charge in [-0.3, -0.25) is 9.99 Å². The Bertz CT molecular complexity index is 653. The van der Waals surface area contributed by atoms with E-state index in [9.17, 15) is 4.91 Å². The maximum absolute atomic E-state index is 10.6. The number of aliphatic hydroxyl groups is 1. The molecular formula is C16H21ClN4O2. The standard InChI is InChI=1S/C16H21ClN4O2/c1-12(3-2-8-21(20-23)9-10-22)19-15-6-7-18-16-11-13(17)4-5-14(15)16/h4-7,11-12,22H,2-3,8-10H2,1H3,(H,18,19). The van der Waals surface area contributed by atoms with E-state index in [-0.39, 0.29) is 19.2 Å². The third kappa shape index (κ3) is 5.04. The third-order valence-corrected chi connectivity index (χ3v) is 3.87. The lowest BCUT2D eigenvalue weighted by atomic mass is 10.1. The topological polar surface area (TPSA) is 77.8 Å². The van der Waals surface area contributed by atoms with Crippen LogP contribution >= 0.6 is 11.6 Å². The van der Waals surface area contributed by atoms with Crippen molar-refractivity contribution < 1.29 is 5.11 Å². The van der Waals surface area contributed by atoms with Gasteiger partial charge in [-0.1, -0.05) is 11.6 Å². The molecule has 1 heterocycles. The molecule has 2 N–H and O–H groups in total. The SMILES string of the molecule is CC(CCCN(CCO)N=O)Nc1ccnc2cc(Cl)ccc12. The molecule has 0 bridgehead atoms.